The van der Waals surface area contributed by atoms with Gasteiger partial charge in [0.1, 0.15) is 5.57 Å². The second kappa shape index (κ2) is 7.92. The fraction of sp³-hybridized carbons (Fsp3) is 0.167. The van der Waals surface area contributed by atoms with Gasteiger partial charge in [-0.25, -0.2) is 0 Å². The zero-order valence-corrected chi connectivity index (χ0v) is 18.6. The number of pyridine rings is 1. The van der Waals surface area contributed by atoms with E-state index in [2.05, 4.69) is 14.9 Å². The molecule has 1 aromatic carbocycles. The van der Waals surface area contributed by atoms with Crippen molar-refractivity contribution < 1.29 is 9.59 Å². The van der Waals surface area contributed by atoms with Gasteiger partial charge in [0, 0.05) is 29.5 Å². The fourth-order valence-corrected chi connectivity index (χ4v) is 4.11. The molecule has 0 radical (unpaired) electrons. The summed E-state index contributed by atoms with van der Waals surface area (Å²) >= 11 is 5.33. The molecular formula is C24H22N4O2S. The van der Waals surface area contributed by atoms with Crippen LogP contribution >= 0.6 is 12.2 Å². The standard InChI is InChI=1S/C24H22N4O2S/c1-14-6-5-7-21(16(14)3)28-23(30)20(22(29)26-24(28)31)13-18-12-15(2)27(17(18)4)19-8-10-25-11-9-19/h5-13H,1-4H3,(H,26,29,31). The van der Waals surface area contributed by atoms with E-state index in [4.69, 9.17) is 12.2 Å². The van der Waals surface area contributed by atoms with E-state index in [1.54, 1.807) is 18.5 Å². The lowest BCUT2D eigenvalue weighted by atomic mass is 10.0. The largest absolute Gasteiger partial charge is 0.318 e. The van der Waals surface area contributed by atoms with Gasteiger partial charge in [-0.1, -0.05) is 12.1 Å². The zero-order valence-electron chi connectivity index (χ0n) is 17.8. The Hall–Kier alpha value is -3.58. The molecule has 7 heteroatoms. The fourth-order valence-electron chi connectivity index (χ4n) is 3.83. The maximum Gasteiger partial charge on any atom is 0.270 e. The smallest absolute Gasteiger partial charge is 0.270 e. The first-order chi connectivity index (χ1) is 14.8. The van der Waals surface area contributed by atoms with Crippen molar-refractivity contribution >= 4 is 40.9 Å². The number of carbonyl (C=O) groups excluding carboxylic acids is 2. The van der Waals surface area contributed by atoms with Gasteiger partial charge in [-0.05, 0) is 86.9 Å². The van der Waals surface area contributed by atoms with Crippen LogP contribution < -0.4 is 10.2 Å². The Morgan fingerprint density at radius 2 is 1.74 bits per heavy atom. The average Bonchev–Trinajstić information content (AvgIpc) is 3.02. The molecule has 0 spiro atoms. The quantitative estimate of drug-likeness (QED) is 0.388. The predicted molar refractivity (Wildman–Crippen MR) is 125 cm³/mol. The highest BCUT2D eigenvalue weighted by atomic mass is 32.1. The minimum atomic E-state index is -0.495. The lowest BCUT2D eigenvalue weighted by Gasteiger charge is -2.30. The first-order valence-corrected chi connectivity index (χ1v) is 10.3. The van der Waals surface area contributed by atoms with Crippen molar-refractivity contribution in [3.05, 3.63) is 82.4 Å². The van der Waals surface area contributed by atoms with Crippen LogP contribution in [-0.2, 0) is 9.59 Å². The number of aryl methyl sites for hydroxylation is 2. The molecular weight excluding hydrogens is 408 g/mol. The molecule has 1 aliphatic rings. The summed E-state index contributed by atoms with van der Waals surface area (Å²) in [5, 5.41) is 2.75. The van der Waals surface area contributed by atoms with Gasteiger partial charge in [0.2, 0.25) is 0 Å². The highest BCUT2D eigenvalue weighted by Gasteiger charge is 2.35. The molecule has 4 rings (SSSR count). The maximum atomic E-state index is 13.4. The molecule has 31 heavy (non-hydrogen) atoms. The molecule has 1 saturated heterocycles. The number of hydrogen-bond acceptors (Lipinski definition) is 4. The van der Waals surface area contributed by atoms with E-state index in [9.17, 15) is 9.59 Å². The Balaban J connectivity index is 1.79. The Morgan fingerprint density at radius 3 is 2.45 bits per heavy atom. The summed E-state index contributed by atoms with van der Waals surface area (Å²) in [6.07, 6.45) is 5.10. The van der Waals surface area contributed by atoms with E-state index in [1.807, 2.05) is 64.1 Å². The Labute approximate surface area is 186 Å². The lowest BCUT2D eigenvalue weighted by Crippen LogP contribution is -2.54. The summed E-state index contributed by atoms with van der Waals surface area (Å²) in [4.78, 5) is 31.5. The number of carbonyl (C=O) groups is 2. The summed E-state index contributed by atoms with van der Waals surface area (Å²) in [5.74, 6) is -0.929. The summed E-state index contributed by atoms with van der Waals surface area (Å²) in [6.45, 7) is 7.84. The van der Waals surface area contributed by atoms with Crippen molar-refractivity contribution in [1.29, 1.82) is 0 Å². The van der Waals surface area contributed by atoms with Gasteiger partial charge < -0.3 is 4.57 Å². The molecule has 3 aromatic rings. The third kappa shape index (κ3) is 3.57. The second-order valence-electron chi connectivity index (χ2n) is 7.54. The Morgan fingerprint density at radius 1 is 1.03 bits per heavy atom. The van der Waals surface area contributed by atoms with Gasteiger partial charge in [-0.15, -0.1) is 0 Å². The number of anilines is 1. The number of nitrogens with zero attached hydrogens (tertiary/aromatic N) is 3. The average molecular weight is 431 g/mol. The third-order valence-corrected chi connectivity index (χ3v) is 5.89. The molecule has 0 bridgehead atoms. The van der Waals surface area contributed by atoms with E-state index < -0.39 is 11.8 Å². The summed E-state index contributed by atoms with van der Waals surface area (Å²) in [7, 11) is 0. The number of amides is 2. The van der Waals surface area contributed by atoms with Crippen molar-refractivity contribution in [2.24, 2.45) is 0 Å². The second-order valence-corrected chi connectivity index (χ2v) is 7.93. The lowest BCUT2D eigenvalue weighted by molar-refractivity contribution is -0.122. The molecule has 0 aliphatic carbocycles. The molecule has 0 saturated carbocycles. The van der Waals surface area contributed by atoms with Crippen LogP contribution in [0.4, 0.5) is 5.69 Å². The third-order valence-electron chi connectivity index (χ3n) is 5.61. The van der Waals surface area contributed by atoms with Crippen LogP contribution in [0.25, 0.3) is 11.8 Å². The van der Waals surface area contributed by atoms with E-state index in [0.29, 0.717) is 5.69 Å². The highest BCUT2D eigenvalue weighted by molar-refractivity contribution is 7.80. The molecule has 6 nitrogen and oxygen atoms in total. The number of rotatable bonds is 3. The molecule has 0 unspecified atom stereocenters. The molecule has 3 heterocycles. The van der Waals surface area contributed by atoms with E-state index >= 15 is 0 Å². The highest BCUT2D eigenvalue weighted by Crippen LogP contribution is 2.28. The topological polar surface area (TPSA) is 67.2 Å². The summed E-state index contributed by atoms with van der Waals surface area (Å²) in [5.41, 5.74) is 6.35. The van der Waals surface area contributed by atoms with Crippen molar-refractivity contribution in [2.45, 2.75) is 27.7 Å². The molecule has 156 valence electrons. The van der Waals surface area contributed by atoms with Gasteiger partial charge in [0.15, 0.2) is 5.11 Å². The van der Waals surface area contributed by atoms with Crippen LogP contribution in [0, 0.1) is 27.7 Å². The van der Waals surface area contributed by atoms with Crippen LogP contribution in [-0.4, -0.2) is 26.5 Å². The molecule has 1 aliphatic heterocycles. The van der Waals surface area contributed by atoms with Crippen LogP contribution in [0.3, 0.4) is 0 Å². The Bertz CT molecular complexity index is 1260. The zero-order chi connectivity index (χ0) is 22.3. The maximum absolute atomic E-state index is 13.4. The van der Waals surface area contributed by atoms with Crippen LogP contribution in [0.2, 0.25) is 0 Å². The number of thiocarbonyl (C=S) groups is 1. The molecule has 1 N–H and O–H groups in total. The first kappa shape index (κ1) is 20.7. The van der Waals surface area contributed by atoms with E-state index in [1.165, 1.54) is 4.90 Å². The van der Waals surface area contributed by atoms with Gasteiger partial charge >= 0.3 is 0 Å². The molecule has 2 amide bonds. The SMILES string of the molecule is Cc1cccc(N2C(=O)C(=Cc3cc(C)n(-c4ccncc4)c3C)C(=O)NC2=S)c1C. The number of aromatic nitrogens is 2. The molecule has 1 fully saturated rings. The van der Waals surface area contributed by atoms with Gasteiger partial charge in [0.25, 0.3) is 11.8 Å². The minimum absolute atomic E-state index is 0.0458. The van der Waals surface area contributed by atoms with Gasteiger partial charge in [-0.2, -0.15) is 0 Å². The normalized spacial score (nSPS) is 15.5. The summed E-state index contributed by atoms with van der Waals surface area (Å²) in [6, 6.07) is 11.5. The van der Waals surface area contributed by atoms with E-state index in [-0.39, 0.29) is 10.7 Å². The van der Waals surface area contributed by atoms with E-state index in [0.717, 1.165) is 33.8 Å². The Kier molecular flexibility index (Phi) is 5.29. The van der Waals surface area contributed by atoms with Crippen molar-refractivity contribution in [2.75, 3.05) is 4.90 Å². The van der Waals surface area contributed by atoms with Crippen molar-refractivity contribution in [3.63, 3.8) is 0 Å². The predicted octanol–water partition coefficient (Wildman–Crippen LogP) is 3.94. The minimum Gasteiger partial charge on any atom is -0.318 e. The number of nitrogens with one attached hydrogen (secondary N) is 1. The van der Waals surface area contributed by atoms with Gasteiger partial charge in [-0.3, -0.25) is 24.8 Å². The number of benzene rings is 1. The van der Waals surface area contributed by atoms with Crippen molar-refractivity contribution in [3.8, 4) is 5.69 Å². The van der Waals surface area contributed by atoms with Crippen molar-refractivity contribution in [1.82, 2.24) is 14.9 Å². The van der Waals surface area contributed by atoms with Crippen LogP contribution in [0.15, 0.2) is 54.4 Å². The summed E-state index contributed by atoms with van der Waals surface area (Å²) < 4.78 is 2.06. The monoisotopic (exact) mass is 430 g/mol. The number of hydrogen-bond donors (Lipinski definition) is 1. The molecule has 0 atom stereocenters. The van der Waals surface area contributed by atoms with Crippen LogP contribution in [0.5, 0.6) is 0 Å². The van der Waals surface area contributed by atoms with Gasteiger partial charge in [0.05, 0.1) is 5.69 Å². The first-order valence-electron chi connectivity index (χ1n) is 9.86. The molecule has 2 aromatic heterocycles. The van der Waals surface area contributed by atoms with Crippen LogP contribution in [0.1, 0.15) is 28.1 Å².